The third kappa shape index (κ3) is 2.58. The fourth-order valence-electron chi connectivity index (χ4n) is 2.85. The van der Waals surface area contributed by atoms with Gasteiger partial charge in [0.1, 0.15) is 5.75 Å². The van der Waals surface area contributed by atoms with E-state index in [9.17, 15) is 0 Å². The molecule has 1 saturated carbocycles. The molecule has 0 saturated heterocycles. The van der Waals surface area contributed by atoms with Crippen LogP contribution in [0.3, 0.4) is 0 Å². The number of hydrazine groups is 1. The summed E-state index contributed by atoms with van der Waals surface area (Å²) in [6, 6.07) is 2.19. The lowest BCUT2D eigenvalue weighted by molar-refractivity contribution is 0.303. The molecule has 17 heavy (non-hydrogen) atoms. The molecule has 2 rings (SSSR count). The molecule has 4 heteroatoms. The van der Waals surface area contributed by atoms with Gasteiger partial charge in [0.05, 0.1) is 19.3 Å². The molecule has 1 aliphatic rings. The fraction of sp³-hybridized carbons (Fsp3) is 0.615. The number of nitrogens with zero attached hydrogens (tertiary/aromatic N) is 1. The largest absolute Gasteiger partial charge is 0.495 e. The molecule has 0 spiro atoms. The van der Waals surface area contributed by atoms with Crippen molar-refractivity contribution in [3.8, 4) is 5.75 Å². The molecule has 3 N–H and O–H groups in total. The maximum Gasteiger partial charge on any atom is 0.137 e. The number of hydrogen-bond donors (Lipinski definition) is 2. The minimum absolute atomic E-state index is 0.176. The second-order valence-electron chi connectivity index (χ2n) is 4.87. The van der Waals surface area contributed by atoms with Crippen LogP contribution in [0.4, 0.5) is 0 Å². The van der Waals surface area contributed by atoms with Crippen LogP contribution in [0.2, 0.25) is 0 Å². The van der Waals surface area contributed by atoms with Crippen molar-refractivity contribution in [2.45, 2.75) is 32.2 Å². The smallest absolute Gasteiger partial charge is 0.137 e. The topological polar surface area (TPSA) is 60.2 Å². The summed E-state index contributed by atoms with van der Waals surface area (Å²) in [6.07, 6.45) is 7.40. The van der Waals surface area contributed by atoms with Gasteiger partial charge < -0.3 is 4.74 Å². The quantitative estimate of drug-likeness (QED) is 0.619. The molecule has 3 atom stereocenters. The molecule has 1 aromatic rings. The molecule has 3 unspecified atom stereocenters. The molecular weight excluding hydrogens is 214 g/mol. The predicted molar refractivity (Wildman–Crippen MR) is 67.4 cm³/mol. The van der Waals surface area contributed by atoms with Gasteiger partial charge in [-0.05, 0) is 29.9 Å². The third-order valence-electron chi connectivity index (χ3n) is 3.86. The number of aromatic nitrogens is 1. The Morgan fingerprint density at radius 3 is 2.88 bits per heavy atom. The van der Waals surface area contributed by atoms with Gasteiger partial charge in [-0.1, -0.05) is 19.8 Å². The molecular formula is C13H21N3O. The normalized spacial score (nSPS) is 25.8. The second kappa shape index (κ2) is 5.47. The Labute approximate surface area is 103 Å². The van der Waals surface area contributed by atoms with Gasteiger partial charge in [0, 0.05) is 6.20 Å². The molecule has 0 radical (unpaired) electrons. The number of rotatable bonds is 4. The van der Waals surface area contributed by atoms with Crippen molar-refractivity contribution in [2.75, 3.05) is 7.11 Å². The summed E-state index contributed by atoms with van der Waals surface area (Å²) in [5, 5.41) is 0. The van der Waals surface area contributed by atoms with Gasteiger partial charge in [0.2, 0.25) is 0 Å². The van der Waals surface area contributed by atoms with Crippen molar-refractivity contribution in [1.29, 1.82) is 0 Å². The van der Waals surface area contributed by atoms with Crippen LogP contribution in [0, 0.1) is 11.8 Å². The number of nitrogens with two attached hydrogens (primary N) is 1. The highest BCUT2D eigenvalue weighted by Gasteiger charge is 2.31. The average molecular weight is 235 g/mol. The third-order valence-corrected chi connectivity index (χ3v) is 3.86. The van der Waals surface area contributed by atoms with E-state index < -0.39 is 0 Å². The highest BCUT2D eigenvalue weighted by Crippen LogP contribution is 2.39. The van der Waals surface area contributed by atoms with Gasteiger partial charge in [0.15, 0.2) is 0 Å². The van der Waals surface area contributed by atoms with Crippen LogP contribution in [0.5, 0.6) is 5.75 Å². The molecule has 94 valence electrons. The van der Waals surface area contributed by atoms with E-state index >= 15 is 0 Å². The van der Waals surface area contributed by atoms with Crippen molar-refractivity contribution in [1.82, 2.24) is 10.4 Å². The second-order valence-corrected chi connectivity index (χ2v) is 4.87. The molecule has 1 heterocycles. The maximum absolute atomic E-state index is 5.72. The summed E-state index contributed by atoms with van der Waals surface area (Å²) in [6.45, 7) is 2.30. The van der Waals surface area contributed by atoms with E-state index in [1.54, 1.807) is 13.3 Å². The van der Waals surface area contributed by atoms with Gasteiger partial charge in [-0.3, -0.25) is 16.3 Å². The highest BCUT2D eigenvalue weighted by atomic mass is 16.5. The molecule has 0 aromatic carbocycles. The average Bonchev–Trinajstić information content (AvgIpc) is 2.77. The van der Waals surface area contributed by atoms with Gasteiger partial charge >= 0.3 is 0 Å². The van der Waals surface area contributed by atoms with Crippen LogP contribution in [-0.4, -0.2) is 12.1 Å². The van der Waals surface area contributed by atoms with Crippen molar-refractivity contribution >= 4 is 0 Å². The highest BCUT2D eigenvalue weighted by molar-refractivity contribution is 5.26. The van der Waals surface area contributed by atoms with E-state index in [0.717, 1.165) is 11.3 Å². The summed E-state index contributed by atoms with van der Waals surface area (Å²) in [5.74, 6) is 7.81. The SMILES string of the molecule is COc1cncc(C(NN)C2CCCC2C)c1. The monoisotopic (exact) mass is 235 g/mol. The molecule has 1 aliphatic carbocycles. The molecule has 1 fully saturated rings. The Bertz CT molecular complexity index is 369. The van der Waals surface area contributed by atoms with E-state index in [4.69, 9.17) is 10.6 Å². The first kappa shape index (κ1) is 12.3. The first-order chi connectivity index (χ1) is 8.26. The van der Waals surface area contributed by atoms with Gasteiger partial charge in [-0.25, -0.2) is 0 Å². The zero-order chi connectivity index (χ0) is 12.3. The van der Waals surface area contributed by atoms with E-state index in [2.05, 4.69) is 17.3 Å². The molecule has 4 nitrogen and oxygen atoms in total. The number of hydrogen-bond acceptors (Lipinski definition) is 4. The van der Waals surface area contributed by atoms with Crippen molar-refractivity contribution < 1.29 is 4.74 Å². The summed E-state index contributed by atoms with van der Waals surface area (Å²) < 4.78 is 5.21. The van der Waals surface area contributed by atoms with Crippen LogP contribution < -0.4 is 16.0 Å². The number of methoxy groups -OCH3 is 1. The molecule has 0 bridgehead atoms. The number of nitrogens with one attached hydrogen (secondary N) is 1. The van der Waals surface area contributed by atoms with E-state index in [-0.39, 0.29) is 6.04 Å². The van der Waals surface area contributed by atoms with Crippen LogP contribution in [0.25, 0.3) is 0 Å². The summed E-state index contributed by atoms with van der Waals surface area (Å²) in [7, 11) is 1.66. The molecule has 0 amide bonds. The Kier molecular flexibility index (Phi) is 3.97. The lowest BCUT2D eigenvalue weighted by Crippen LogP contribution is -2.34. The van der Waals surface area contributed by atoms with Gasteiger partial charge in [-0.15, -0.1) is 0 Å². The molecule has 0 aliphatic heterocycles. The number of ether oxygens (including phenoxy) is 1. The van der Waals surface area contributed by atoms with E-state index in [1.807, 2.05) is 12.3 Å². The summed E-state index contributed by atoms with van der Waals surface area (Å²) in [5.41, 5.74) is 4.06. The lowest BCUT2D eigenvalue weighted by atomic mass is 9.87. The zero-order valence-electron chi connectivity index (χ0n) is 10.5. The van der Waals surface area contributed by atoms with E-state index in [0.29, 0.717) is 11.8 Å². The fourth-order valence-corrected chi connectivity index (χ4v) is 2.85. The zero-order valence-corrected chi connectivity index (χ0v) is 10.5. The standard InChI is InChI=1S/C13H21N3O/c1-9-4-3-5-12(9)13(16-14)10-6-11(17-2)8-15-7-10/h6-9,12-13,16H,3-5,14H2,1-2H3. The minimum atomic E-state index is 0.176. The minimum Gasteiger partial charge on any atom is -0.495 e. The van der Waals surface area contributed by atoms with E-state index in [1.165, 1.54) is 19.3 Å². The first-order valence-electron chi connectivity index (χ1n) is 6.21. The Balaban J connectivity index is 2.21. The maximum atomic E-state index is 5.72. The Hall–Kier alpha value is -1.13. The van der Waals surface area contributed by atoms with Gasteiger partial charge in [0.25, 0.3) is 0 Å². The Morgan fingerprint density at radius 2 is 2.29 bits per heavy atom. The lowest BCUT2D eigenvalue weighted by Gasteiger charge is -2.26. The number of pyridine rings is 1. The van der Waals surface area contributed by atoms with Crippen LogP contribution >= 0.6 is 0 Å². The van der Waals surface area contributed by atoms with Crippen LogP contribution in [0.1, 0.15) is 37.8 Å². The van der Waals surface area contributed by atoms with Crippen molar-refractivity contribution in [3.05, 3.63) is 24.0 Å². The van der Waals surface area contributed by atoms with Crippen molar-refractivity contribution in [3.63, 3.8) is 0 Å². The summed E-state index contributed by atoms with van der Waals surface area (Å²) in [4.78, 5) is 4.20. The predicted octanol–water partition coefficient (Wildman–Crippen LogP) is 2.03. The van der Waals surface area contributed by atoms with Gasteiger partial charge in [-0.2, -0.15) is 0 Å². The first-order valence-corrected chi connectivity index (χ1v) is 6.21. The van der Waals surface area contributed by atoms with Crippen LogP contribution in [0.15, 0.2) is 18.5 Å². The molecule has 1 aromatic heterocycles. The van der Waals surface area contributed by atoms with Crippen molar-refractivity contribution in [2.24, 2.45) is 17.7 Å². The Morgan fingerprint density at radius 1 is 1.47 bits per heavy atom. The summed E-state index contributed by atoms with van der Waals surface area (Å²) >= 11 is 0. The van der Waals surface area contributed by atoms with Crippen LogP contribution in [-0.2, 0) is 0 Å².